The molecule has 2 heterocycles. The van der Waals surface area contributed by atoms with Gasteiger partial charge in [0.2, 0.25) is 0 Å². The SMILES string of the molecule is COc1cn(C(CC2=NOCC2)C(=O)Cc2ccc(C(N)=O)c(F)c2)c(=O)cc1-c1cc(Cl)ccc1C#N. The monoisotopic (exact) mass is 536 g/mol. The smallest absolute Gasteiger partial charge is 0.252 e. The van der Waals surface area contributed by atoms with Gasteiger partial charge in [0.05, 0.1) is 36.2 Å². The summed E-state index contributed by atoms with van der Waals surface area (Å²) in [4.78, 5) is 43.3. The van der Waals surface area contributed by atoms with E-state index >= 15 is 0 Å². The van der Waals surface area contributed by atoms with E-state index < -0.39 is 29.1 Å². The van der Waals surface area contributed by atoms with Crippen molar-refractivity contribution in [2.75, 3.05) is 13.7 Å². The van der Waals surface area contributed by atoms with Crippen LogP contribution in [0.5, 0.6) is 5.75 Å². The Labute approximate surface area is 221 Å². The standard InChI is InChI=1S/C27H22ClFN4O5/c1-37-25-14-33(26(35)12-21(25)20-10-17(28)4-3-16(20)13-30)23(11-18-6-7-38-32-18)24(34)9-15-2-5-19(27(31)36)22(29)8-15/h2-5,8,10,12,14,23H,6-7,9,11H2,1H3,(H2,31,36). The number of pyridine rings is 1. The summed E-state index contributed by atoms with van der Waals surface area (Å²) in [6.07, 6.45) is 1.75. The number of ketones is 1. The summed E-state index contributed by atoms with van der Waals surface area (Å²) in [6.45, 7) is 0.360. The van der Waals surface area contributed by atoms with Crippen molar-refractivity contribution < 1.29 is 23.6 Å². The number of primary amides is 1. The molecule has 1 aliphatic rings. The molecule has 4 rings (SSSR count). The molecule has 3 aromatic rings. The Morgan fingerprint density at radius 1 is 1.26 bits per heavy atom. The topological polar surface area (TPSA) is 137 Å². The van der Waals surface area contributed by atoms with E-state index in [2.05, 4.69) is 11.2 Å². The number of halogens is 2. The fourth-order valence-corrected chi connectivity index (χ4v) is 4.42. The second-order valence-electron chi connectivity index (χ2n) is 8.58. The Morgan fingerprint density at radius 2 is 2.05 bits per heavy atom. The van der Waals surface area contributed by atoms with Gasteiger partial charge in [-0.15, -0.1) is 0 Å². The summed E-state index contributed by atoms with van der Waals surface area (Å²) in [5.41, 5.74) is 6.27. The van der Waals surface area contributed by atoms with Crippen molar-refractivity contribution in [3.8, 4) is 22.9 Å². The number of amides is 1. The van der Waals surface area contributed by atoms with Crippen molar-refractivity contribution in [3.05, 3.63) is 86.5 Å². The van der Waals surface area contributed by atoms with Gasteiger partial charge in [-0.3, -0.25) is 14.4 Å². The van der Waals surface area contributed by atoms with Crippen LogP contribution in [0.1, 0.15) is 40.4 Å². The predicted molar refractivity (Wildman–Crippen MR) is 138 cm³/mol. The molecule has 0 bridgehead atoms. The van der Waals surface area contributed by atoms with E-state index in [9.17, 15) is 24.0 Å². The molecular formula is C27H22ClFN4O5. The van der Waals surface area contributed by atoms with Crippen molar-refractivity contribution >= 4 is 29.0 Å². The van der Waals surface area contributed by atoms with E-state index in [4.69, 9.17) is 26.9 Å². The average molecular weight is 537 g/mol. The number of oxime groups is 1. The lowest BCUT2D eigenvalue weighted by Gasteiger charge is -2.21. The molecule has 0 spiro atoms. The normalized spacial score (nSPS) is 13.3. The van der Waals surface area contributed by atoms with Gasteiger partial charge in [0.1, 0.15) is 24.2 Å². The van der Waals surface area contributed by atoms with Crippen LogP contribution in [0.3, 0.4) is 0 Å². The summed E-state index contributed by atoms with van der Waals surface area (Å²) >= 11 is 6.14. The summed E-state index contributed by atoms with van der Waals surface area (Å²) in [7, 11) is 1.40. The number of benzene rings is 2. The second kappa shape index (κ2) is 11.3. The summed E-state index contributed by atoms with van der Waals surface area (Å²) < 4.78 is 21.1. The van der Waals surface area contributed by atoms with Crippen LogP contribution < -0.4 is 16.0 Å². The maximum atomic E-state index is 14.3. The van der Waals surface area contributed by atoms with E-state index in [1.54, 1.807) is 12.1 Å². The maximum absolute atomic E-state index is 14.3. The van der Waals surface area contributed by atoms with Gasteiger partial charge in [0, 0.05) is 41.5 Å². The van der Waals surface area contributed by atoms with Crippen molar-refractivity contribution in [2.24, 2.45) is 10.9 Å². The van der Waals surface area contributed by atoms with Crippen LogP contribution in [0.4, 0.5) is 4.39 Å². The van der Waals surface area contributed by atoms with Crippen LogP contribution >= 0.6 is 11.6 Å². The predicted octanol–water partition coefficient (Wildman–Crippen LogP) is 3.81. The Kier molecular flexibility index (Phi) is 7.88. The molecule has 0 saturated carbocycles. The molecule has 1 atom stereocenters. The molecule has 9 nitrogen and oxygen atoms in total. The van der Waals surface area contributed by atoms with Crippen molar-refractivity contribution in [1.82, 2.24) is 4.57 Å². The third-order valence-electron chi connectivity index (χ3n) is 6.15. The zero-order valence-electron chi connectivity index (χ0n) is 20.2. The minimum atomic E-state index is -1.01. The largest absolute Gasteiger partial charge is 0.495 e. The first-order valence-corrected chi connectivity index (χ1v) is 11.9. The van der Waals surface area contributed by atoms with E-state index in [0.717, 1.165) is 6.07 Å². The average Bonchev–Trinajstić information content (AvgIpc) is 3.40. The quantitative estimate of drug-likeness (QED) is 0.441. The summed E-state index contributed by atoms with van der Waals surface area (Å²) in [5.74, 6) is -1.92. The van der Waals surface area contributed by atoms with E-state index in [1.807, 2.05) is 0 Å². The highest BCUT2D eigenvalue weighted by Gasteiger charge is 2.27. The molecule has 1 amide bonds. The maximum Gasteiger partial charge on any atom is 0.252 e. The molecule has 194 valence electrons. The van der Waals surface area contributed by atoms with Crippen LogP contribution in [0.15, 0.2) is 58.6 Å². The second-order valence-corrected chi connectivity index (χ2v) is 9.02. The number of rotatable bonds is 9. The Balaban J connectivity index is 1.76. The number of aromatic nitrogens is 1. The van der Waals surface area contributed by atoms with Gasteiger partial charge < -0.3 is 19.9 Å². The fraction of sp³-hybridized carbons (Fsp3) is 0.222. The van der Waals surface area contributed by atoms with Gasteiger partial charge in [-0.1, -0.05) is 22.8 Å². The number of carbonyl (C=O) groups excluding carboxylic acids is 2. The number of nitrogens with two attached hydrogens (primary N) is 1. The Morgan fingerprint density at radius 3 is 2.68 bits per heavy atom. The van der Waals surface area contributed by atoms with E-state index in [0.29, 0.717) is 40.5 Å². The summed E-state index contributed by atoms with van der Waals surface area (Å²) in [6, 6.07) is 10.7. The van der Waals surface area contributed by atoms with E-state index in [-0.39, 0.29) is 29.7 Å². The van der Waals surface area contributed by atoms with Gasteiger partial charge in [-0.05, 0) is 35.9 Å². The van der Waals surface area contributed by atoms with Crippen molar-refractivity contribution in [2.45, 2.75) is 25.3 Å². The number of Topliss-reactive ketones (excluding diaryl/α,β-unsaturated/α-hetero) is 1. The van der Waals surface area contributed by atoms with Gasteiger partial charge in [0.25, 0.3) is 11.5 Å². The van der Waals surface area contributed by atoms with Crippen LogP contribution in [0, 0.1) is 17.1 Å². The molecular weight excluding hydrogens is 515 g/mol. The molecule has 38 heavy (non-hydrogen) atoms. The molecule has 2 N–H and O–H groups in total. The lowest BCUT2D eigenvalue weighted by molar-refractivity contribution is -0.121. The van der Waals surface area contributed by atoms with Gasteiger partial charge >= 0.3 is 0 Å². The minimum absolute atomic E-state index is 0.0870. The molecule has 0 radical (unpaired) electrons. The van der Waals surface area contributed by atoms with E-state index in [1.165, 1.54) is 42.1 Å². The lowest BCUT2D eigenvalue weighted by atomic mass is 9.96. The van der Waals surface area contributed by atoms with Crippen LogP contribution in [-0.2, 0) is 16.1 Å². The third kappa shape index (κ3) is 5.58. The highest BCUT2D eigenvalue weighted by atomic mass is 35.5. The van der Waals surface area contributed by atoms with Gasteiger partial charge in [-0.2, -0.15) is 5.26 Å². The molecule has 0 saturated heterocycles. The van der Waals surface area contributed by atoms with Crippen LogP contribution in [0.2, 0.25) is 5.02 Å². The first kappa shape index (κ1) is 26.6. The number of ether oxygens (including phenoxy) is 1. The molecule has 0 aliphatic carbocycles. The van der Waals surface area contributed by atoms with Crippen LogP contribution in [-0.4, -0.2) is 35.7 Å². The lowest BCUT2D eigenvalue weighted by Crippen LogP contribution is -2.32. The highest BCUT2D eigenvalue weighted by molar-refractivity contribution is 6.31. The molecule has 1 aromatic heterocycles. The first-order chi connectivity index (χ1) is 18.2. The zero-order valence-corrected chi connectivity index (χ0v) is 21.0. The zero-order chi connectivity index (χ0) is 27.4. The van der Waals surface area contributed by atoms with Gasteiger partial charge in [0.15, 0.2) is 5.78 Å². The molecule has 1 unspecified atom stereocenters. The molecule has 1 aliphatic heterocycles. The Bertz CT molecular complexity index is 1560. The number of hydrogen-bond donors (Lipinski definition) is 1. The number of carbonyl (C=O) groups is 2. The number of nitriles is 1. The van der Waals surface area contributed by atoms with Crippen molar-refractivity contribution in [1.29, 1.82) is 5.26 Å². The molecule has 2 aromatic carbocycles. The highest BCUT2D eigenvalue weighted by Crippen LogP contribution is 2.34. The third-order valence-corrected chi connectivity index (χ3v) is 6.38. The van der Waals surface area contributed by atoms with Crippen molar-refractivity contribution in [3.63, 3.8) is 0 Å². The number of methoxy groups -OCH3 is 1. The molecule has 0 fully saturated rings. The summed E-state index contributed by atoms with van der Waals surface area (Å²) in [5, 5.41) is 13.9. The Hall–Kier alpha value is -4.49. The minimum Gasteiger partial charge on any atom is -0.495 e. The molecule has 11 heteroatoms. The number of nitrogens with zero attached hydrogens (tertiary/aromatic N) is 3. The first-order valence-electron chi connectivity index (χ1n) is 11.5. The van der Waals surface area contributed by atoms with Crippen LogP contribution in [0.25, 0.3) is 11.1 Å². The number of hydrogen-bond acceptors (Lipinski definition) is 7. The van der Waals surface area contributed by atoms with Gasteiger partial charge in [-0.25, -0.2) is 4.39 Å². The fourth-order valence-electron chi connectivity index (χ4n) is 4.25.